The van der Waals surface area contributed by atoms with Gasteiger partial charge in [-0.2, -0.15) is 12.7 Å². The van der Waals surface area contributed by atoms with E-state index in [1.807, 2.05) is 23.1 Å². The van der Waals surface area contributed by atoms with Gasteiger partial charge < -0.3 is 15.0 Å². The highest BCUT2D eigenvalue weighted by atomic mass is 32.2. The normalized spacial score (nSPS) is 19.9. The zero-order chi connectivity index (χ0) is 35.7. The van der Waals surface area contributed by atoms with Crippen LogP contribution in [0.5, 0.6) is 0 Å². The van der Waals surface area contributed by atoms with E-state index in [4.69, 9.17) is 5.11 Å². The number of carbonyl (C=O) groups excluding carboxylic acids is 1. The number of aromatic amines is 1. The number of carboxylic acids is 1. The maximum Gasteiger partial charge on any atom is 0.317 e. The van der Waals surface area contributed by atoms with Gasteiger partial charge in [-0.05, 0) is 74.2 Å². The molecular weight excluding hydrogens is 681 g/mol. The number of carbonyl (C=O) groups is 2. The molecule has 3 saturated heterocycles. The second-order valence-electron chi connectivity index (χ2n) is 13.6. The van der Waals surface area contributed by atoms with Crippen molar-refractivity contribution in [2.45, 2.75) is 25.4 Å². The number of piperidine rings is 1. The molecule has 0 spiro atoms. The number of pyridine rings is 1. The molecule has 5 heterocycles. The smallest absolute Gasteiger partial charge is 0.317 e. The molecule has 270 valence electrons. The number of fused-ring (bicyclic) bond motifs is 1. The monoisotopic (exact) mass is 721 g/mol. The van der Waals surface area contributed by atoms with Crippen molar-refractivity contribution >= 4 is 44.4 Å². The number of H-pyrrole nitrogens is 1. The Balaban J connectivity index is 0.996. The number of nitrogens with zero attached hydrogens (tertiary/aromatic N) is 5. The summed E-state index contributed by atoms with van der Waals surface area (Å²) in [5.41, 5.74) is 2.75. The van der Waals surface area contributed by atoms with Crippen molar-refractivity contribution in [3.63, 3.8) is 0 Å². The van der Waals surface area contributed by atoms with E-state index in [9.17, 15) is 22.4 Å². The Labute approximate surface area is 295 Å². The molecule has 0 amide bonds. The number of nitrogens with one attached hydrogen (secondary N) is 2. The van der Waals surface area contributed by atoms with Crippen molar-refractivity contribution in [2.24, 2.45) is 5.92 Å². The molecule has 51 heavy (non-hydrogen) atoms. The third kappa shape index (κ3) is 7.76. The number of alkyl halides is 1. The van der Waals surface area contributed by atoms with Crippen molar-refractivity contribution in [1.29, 1.82) is 0 Å². The molecule has 1 atom stereocenters. The van der Waals surface area contributed by atoms with Gasteiger partial charge >= 0.3 is 16.2 Å². The number of benzene rings is 2. The molecule has 12 nitrogen and oxygen atoms in total. The first kappa shape index (κ1) is 35.0. The number of halogens is 2. The van der Waals surface area contributed by atoms with Gasteiger partial charge in [0.1, 0.15) is 11.8 Å². The third-order valence-electron chi connectivity index (χ3n) is 10.2. The summed E-state index contributed by atoms with van der Waals surface area (Å²) >= 11 is 0. The summed E-state index contributed by atoms with van der Waals surface area (Å²) in [7, 11) is -4.20. The van der Waals surface area contributed by atoms with Crippen molar-refractivity contribution in [3.05, 3.63) is 77.9 Å². The van der Waals surface area contributed by atoms with Crippen LogP contribution in [0.15, 0.2) is 60.9 Å². The van der Waals surface area contributed by atoms with E-state index in [0.29, 0.717) is 17.0 Å². The van der Waals surface area contributed by atoms with Crippen molar-refractivity contribution < 1.29 is 31.9 Å². The Hall–Kier alpha value is -4.44. The van der Waals surface area contributed by atoms with Gasteiger partial charge in [-0.25, -0.2) is 13.8 Å². The van der Waals surface area contributed by atoms with E-state index >= 15 is 4.39 Å². The molecule has 3 aliphatic rings. The maximum atomic E-state index is 15.6. The van der Waals surface area contributed by atoms with Gasteiger partial charge in [0.25, 0.3) is 0 Å². The summed E-state index contributed by atoms with van der Waals surface area (Å²) in [5, 5.41) is 9.54. The van der Waals surface area contributed by atoms with E-state index in [1.165, 1.54) is 24.4 Å². The highest BCUT2D eigenvalue weighted by molar-refractivity contribution is 7.90. The number of aromatic nitrogens is 2. The number of piperazine rings is 1. The van der Waals surface area contributed by atoms with Gasteiger partial charge in [0.2, 0.25) is 0 Å². The molecule has 15 heteroatoms. The minimum Gasteiger partial charge on any atom is -0.480 e. The van der Waals surface area contributed by atoms with Crippen LogP contribution in [0.1, 0.15) is 35.2 Å². The third-order valence-corrected chi connectivity index (χ3v) is 11.7. The van der Waals surface area contributed by atoms with Crippen LogP contribution >= 0.6 is 0 Å². The van der Waals surface area contributed by atoms with E-state index in [-0.39, 0.29) is 37.2 Å². The Morgan fingerprint density at radius 3 is 2.35 bits per heavy atom. The topological polar surface area (TPSA) is 142 Å². The van der Waals surface area contributed by atoms with E-state index < -0.39 is 39.6 Å². The van der Waals surface area contributed by atoms with E-state index in [1.54, 1.807) is 6.20 Å². The van der Waals surface area contributed by atoms with Crippen LogP contribution in [0.25, 0.3) is 22.2 Å². The number of hydrogen-bond acceptors (Lipinski definition) is 8. The number of aliphatic carboxylic acids is 1. The van der Waals surface area contributed by atoms with Crippen LogP contribution in [0.4, 0.5) is 20.2 Å². The van der Waals surface area contributed by atoms with Crippen molar-refractivity contribution in [3.8, 4) is 11.1 Å². The van der Waals surface area contributed by atoms with E-state index in [2.05, 4.69) is 36.6 Å². The van der Waals surface area contributed by atoms with Crippen molar-refractivity contribution in [1.82, 2.24) is 24.1 Å². The summed E-state index contributed by atoms with van der Waals surface area (Å²) in [5.74, 6) is -1.82. The first-order chi connectivity index (χ1) is 24.5. The average molecular weight is 722 g/mol. The fourth-order valence-electron chi connectivity index (χ4n) is 7.33. The molecule has 3 aliphatic heterocycles. The largest absolute Gasteiger partial charge is 0.480 e. The fraction of sp³-hybridized carbons (Fsp3) is 0.417. The molecule has 7 rings (SSSR count). The summed E-state index contributed by atoms with van der Waals surface area (Å²) in [6.45, 7) is 6.30. The maximum absolute atomic E-state index is 15.6. The lowest BCUT2D eigenvalue weighted by Gasteiger charge is -2.39. The van der Waals surface area contributed by atoms with Gasteiger partial charge in [0, 0.05) is 80.4 Å². The second kappa shape index (κ2) is 14.7. The van der Waals surface area contributed by atoms with Gasteiger partial charge in [0.15, 0.2) is 11.6 Å². The highest BCUT2D eigenvalue weighted by Gasteiger charge is 2.32. The number of hydrogen-bond donors (Lipinski definition) is 3. The molecule has 4 aromatic rings. The lowest BCUT2D eigenvalue weighted by molar-refractivity contribution is -0.138. The van der Waals surface area contributed by atoms with Gasteiger partial charge in [-0.15, -0.1) is 0 Å². The minimum absolute atomic E-state index is 0.0123. The fourth-order valence-corrected chi connectivity index (χ4v) is 8.60. The highest BCUT2D eigenvalue weighted by Crippen LogP contribution is 2.30. The van der Waals surface area contributed by atoms with Crippen LogP contribution in [0, 0.1) is 11.7 Å². The lowest BCUT2D eigenvalue weighted by Crippen LogP contribution is -2.49. The molecule has 0 radical (unpaired) electrons. The molecule has 0 saturated carbocycles. The number of likely N-dealkylation sites (tertiary alicyclic amines) is 1. The summed E-state index contributed by atoms with van der Waals surface area (Å²) in [4.78, 5) is 39.0. The molecule has 0 bridgehead atoms. The molecule has 0 aliphatic carbocycles. The number of rotatable bonds is 11. The quantitative estimate of drug-likeness (QED) is 0.194. The van der Waals surface area contributed by atoms with Crippen LogP contribution in [-0.4, -0.2) is 121 Å². The van der Waals surface area contributed by atoms with Crippen LogP contribution in [0.3, 0.4) is 0 Å². The first-order valence-electron chi connectivity index (χ1n) is 17.3. The molecule has 0 unspecified atom stereocenters. The van der Waals surface area contributed by atoms with Crippen LogP contribution in [0.2, 0.25) is 0 Å². The van der Waals surface area contributed by atoms with Gasteiger partial charge in [0.05, 0.1) is 17.8 Å². The Bertz CT molecular complexity index is 2010. The number of carboxylic acid groups (broad SMARTS) is 1. The molecule has 2 aromatic carbocycles. The van der Waals surface area contributed by atoms with Gasteiger partial charge in [-0.3, -0.25) is 24.1 Å². The number of anilines is 2. The molecule has 2 aromatic heterocycles. The summed E-state index contributed by atoms with van der Waals surface area (Å²) in [6, 6.07) is 13.9. The summed E-state index contributed by atoms with van der Waals surface area (Å²) < 4.78 is 57.8. The predicted molar refractivity (Wildman–Crippen MR) is 190 cm³/mol. The zero-order valence-electron chi connectivity index (χ0n) is 28.1. The van der Waals surface area contributed by atoms with Crippen LogP contribution < -0.4 is 9.62 Å². The zero-order valence-corrected chi connectivity index (χ0v) is 28.9. The second-order valence-corrected chi connectivity index (χ2v) is 15.3. The summed E-state index contributed by atoms with van der Waals surface area (Å²) in [6.07, 6.45) is 4.04. The molecular formula is C36H41F2N7O5S. The SMILES string of the molecule is O=C(O)CN1CCC(CN2CCN(c3ccc(-c4cnc5[nH]cc(C(=O)c6cccc(NS(=O)(=O)N7CC[C@@H](F)C7)c6F)c5c4)cc3)CC2)CC1. The van der Waals surface area contributed by atoms with Gasteiger partial charge in [-0.1, -0.05) is 18.2 Å². The standard InChI is InChI=1S/C36H41F2N7O5S/c37-27-10-13-45(22-27)51(49,50)41-32-3-1-2-29(34(32)38)35(48)31-20-40-36-30(31)18-26(19-39-36)25-4-6-28(7-5-25)44-16-14-43(15-17-44)21-24-8-11-42(12-9-24)23-33(46)47/h1-7,18-20,24,27,41H,8-17,21-23H2,(H,39,40)(H,46,47)/t27-/m1/s1. The first-order valence-corrected chi connectivity index (χ1v) is 18.7. The average Bonchev–Trinajstić information content (AvgIpc) is 3.76. The van der Waals surface area contributed by atoms with Crippen molar-refractivity contribution in [2.75, 3.05) is 75.1 Å². The molecule has 3 N–H and O–H groups in total. The van der Waals surface area contributed by atoms with Crippen LogP contribution in [-0.2, 0) is 15.0 Å². The Kier molecular flexibility index (Phi) is 10.1. The molecule has 3 fully saturated rings. The number of ketones is 1. The Morgan fingerprint density at radius 2 is 1.67 bits per heavy atom. The minimum atomic E-state index is -4.20. The lowest BCUT2D eigenvalue weighted by atomic mass is 9.96. The predicted octanol–water partition coefficient (Wildman–Crippen LogP) is 4.22. The Morgan fingerprint density at radius 1 is 0.922 bits per heavy atom. The van der Waals surface area contributed by atoms with E-state index in [0.717, 1.165) is 79.8 Å².